The van der Waals surface area contributed by atoms with Gasteiger partial charge in [0.1, 0.15) is 0 Å². The van der Waals surface area contributed by atoms with Crippen LogP contribution in [-0.2, 0) is 14.8 Å². The third-order valence-electron chi connectivity index (χ3n) is 2.55. The molecule has 112 valence electrons. The molecular weight excluding hydrogens is 286 g/mol. The minimum absolute atomic E-state index is 0.372. The highest BCUT2D eigenvalue weighted by molar-refractivity contribution is 7.88. The number of carboxylic acid groups (broad SMARTS) is 1. The van der Waals surface area contributed by atoms with E-state index in [1.807, 2.05) is 0 Å². The largest absolute Gasteiger partial charge is 0.493 e. The van der Waals surface area contributed by atoms with E-state index in [0.29, 0.717) is 17.1 Å². The molecular formula is C12H17NO6S. The standard InChI is InChI=1S/C12H17NO6S/c1-18-10-5-4-8(6-11(10)19-2)9(7-12(14)15)13-20(3,16)17/h4-6,9,13H,7H2,1-3H3,(H,14,15). The van der Waals surface area contributed by atoms with E-state index in [9.17, 15) is 13.2 Å². The van der Waals surface area contributed by atoms with Crippen molar-refractivity contribution in [3.63, 3.8) is 0 Å². The molecule has 1 unspecified atom stereocenters. The molecule has 0 spiro atoms. The normalized spacial score (nSPS) is 12.8. The van der Waals surface area contributed by atoms with Crippen LogP contribution in [0.25, 0.3) is 0 Å². The molecule has 1 rings (SSSR count). The SMILES string of the molecule is COc1ccc(C(CC(=O)O)NS(C)(=O)=O)cc1OC. The summed E-state index contributed by atoms with van der Waals surface area (Å²) in [5.74, 6) is -0.235. The number of hydrogen-bond donors (Lipinski definition) is 2. The number of aliphatic carboxylic acids is 1. The van der Waals surface area contributed by atoms with Gasteiger partial charge in [0.2, 0.25) is 10.0 Å². The molecule has 1 aromatic rings. The minimum atomic E-state index is -3.54. The van der Waals surface area contributed by atoms with Crippen LogP contribution >= 0.6 is 0 Å². The van der Waals surface area contributed by atoms with Gasteiger partial charge in [-0.15, -0.1) is 0 Å². The first-order chi connectivity index (χ1) is 9.26. The van der Waals surface area contributed by atoms with Crippen molar-refractivity contribution in [2.75, 3.05) is 20.5 Å². The number of nitrogens with one attached hydrogen (secondary N) is 1. The van der Waals surface area contributed by atoms with Crippen LogP contribution < -0.4 is 14.2 Å². The Morgan fingerprint density at radius 2 is 1.90 bits per heavy atom. The number of ether oxygens (including phenoxy) is 2. The first-order valence-corrected chi connectivity index (χ1v) is 7.57. The minimum Gasteiger partial charge on any atom is -0.493 e. The van der Waals surface area contributed by atoms with Crippen molar-refractivity contribution < 1.29 is 27.8 Å². The first-order valence-electron chi connectivity index (χ1n) is 5.68. The fraction of sp³-hybridized carbons (Fsp3) is 0.417. The molecule has 0 aliphatic heterocycles. The number of carbonyl (C=O) groups is 1. The van der Waals surface area contributed by atoms with E-state index in [2.05, 4.69) is 4.72 Å². The molecule has 0 aliphatic rings. The molecule has 1 atom stereocenters. The first kappa shape index (κ1) is 16.3. The second kappa shape index (κ2) is 6.58. The van der Waals surface area contributed by atoms with Gasteiger partial charge in [-0.25, -0.2) is 13.1 Å². The molecule has 8 heteroatoms. The summed E-state index contributed by atoms with van der Waals surface area (Å²) in [5, 5.41) is 8.88. The van der Waals surface area contributed by atoms with Gasteiger partial charge in [0.05, 0.1) is 32.9 Å². The summed E-state index contributed by atoms with van der Waals surface area (Å²) in [4.78, 5) is 10.9. The molecule has 0 radical (unpaired) electrons. The van der Waals surface area contributed by atoms with Crippen molar-refractivity contribution in [2.45, 2.75) is 12.5 Å². The summed E-state index contributed by atoms with van der Waals surface area (Å²) < 4.78 is 35.1. The Hall–Kier alpha value is -1.80. The zero-order chi connectivity index (χ0) is 15.3. The zero-order valence-corrected chi connectivity index (χ0v) is 12.2. The van der Waals surface area contributed by atoms with Crippen LogP contribution in [0.4, 0.5) is 0 Å². The summed E-state index contributed by atoms with van der Waals surface area (Å²) >= 11 is 0. The Labute approximate surface area is 117 Å². The smallest absolute Gasteiger partial charge is 0.305 e. The van der Waals surface area contributed by atoms with E-state index in [4.69, 9.17) is 14.6 Å². The van der Waals surface area contributed by atoms with Crippen molar-refractivity contribution in [3.05, 3.63) is 23.8 Å². The van der Waals surface area contributed by atoms with E-state index in [1.54, 1.807) is 18.2 Å². The maximum Gasteiger partial charge on any atom is 0.305 e. The molecule has 0 bridgehead atoms. The number of rotatable bonds is 7. The van der Waals surface area contributed by atoms with Crippen LogP contribution in [0.1, 0.15) is 18.0 Å². The average Bonchev–Trinajstić information content (AvgIpc) is 2.35. The maximum absolute atomic E-state index is 11.3. The molecule has 0 aromatic heterocycles. The fourth-order valence-electron chi connectivity index (χ4n) is 1.73. The van der Waals surface area contributed by atoms with Gasteiger partial charge in [-0.2, -0.15) is 0 Å². The summed E-state index contributed by atoms with van der Waals surface area (Å²) in [6.07, 6.45) is 0.602. The van der Waals surface area contributed by atoms with E-state index >= 15 is 0 Å². The Bertz CT molecular complexity index is 584. The van der Waals surface area contributed by atoms with Crippen molar-refractivity contribution in [1.82, 2.24) is 4.72 Å². The Balaban J connectivity index is 3.16. The number of hydrogen-bond acceptors (Lipinski definition) is 5. The number of sulfonamides is 1. The molecule has 0 saturated heterocycles. The molecule has 0 heterocycles. The highest BCUT2D eigenvalue weighted by atomic mass is 32.2. The number of benzene rings is 1. The van der Waals surface area contributed by atoms with E-state index in [1.165, 1.54) is 14.2 Å². The number of carboxylic acids is 1. The predicted molar refractivity (Wildman–Crippen MR) is 72.5 cm³/mol. The highest BCUT2D eigenvalue weighted by Crippen LogP contribution is 2.31. The average molecular weight is 303 g/mol. The van der Waals surface area contributed by atoms with E-state index in [-0.39, 0.29) is 6.42 Å². The van der Waals surface area contributed by atoms with Gasteiger partial charge >= 0.3 is 5.97 Å². The Morgan fingerprint density at radius 1 is 1.30 bits per heavy atom. The van der Waals surface area contributed by atoms with Crippen molar-refractivity contribution >= 4 is 16.0 Å². The van der Waals surface area contributed by atoms with Crippen molar-refractivity contribution in [3.8, 4) is 11.5 Å². The molecule has 0 aliphatic carbocycles. The lowest BCUT2D eigenvalue weighted by Gasteiger charge is -2.17. The summed E-state index contributed by atoms with van der Waals surface area (Å²) in [5.41, 5.74) is 0.482. The summed E-state index contributed by atoms with van der Waals surface area (Å²) in [6, 6.07) is 3.85. The van der Waals surface area contributed by atoms with Crippen molar-refractivity contribution in [2.24, 2.45) is 0 Å². The van der Waals surface area contributed by atoms with Gasteiger partial charge < -0.3 is 14.6 Å². The lowest BCUT2D eigenvalue weighted by atomic mass is 10.0. The number of methoxy groups -OCH3 is 2. The van der Waals surface area contributed by atoms with Gasteiger partial charge in [0.15, 0.2) is 11.5 Å². The maximum atomic E-state index is 11.3. The zero-order valence-electron chi connectivity index (χ0n) is 11.4. The van der Waals surface area contributed by atoms with Crippen molar-refractivity contribution in [1.29, 1.82) is 0 Å². The monoisotopic (exact) mass is 303 g/mol. The van der Waals surface area contributed by atoms with E-state index in [0.717, 1.165) is 6.26 Å². The second-order valence-electron chi connectivity index (χ2n) is 4.15. The topological polar surface area (TPSA) is 102 Å². The third-order valence-corrected chi connectivity index (χ3v) is 3.26. The van der Waals surface area contributed by atoms with Crippen LogP contribution in [0, 0.1) is 0 Å². The quantitative estimate of drug-likeness (QED) is 0.771. The predicted octanol–water partition coefficient (Wildman–Crippen LogP) is 0.769. The van der Waals surface area contributed by atoms with Gasteiger partial charge in [-0.05, 0) is 17.7 Å². The highest BCUT2D eigenvalue weighted by Gasteiger charge is 2.20. The molecule has 7 nitrogen and oxygen atoms in total. The van der Waals surface area contributed by atoms with Gasteiger partial charge in [0, 0.05) is 0 Å². The van der Waals surface area contributed by atoms with Crippen LogP contribution in [0.15, 0.2) is 18.2 Å². The molecule has 1 aromatic carbocycles. The van der Waals surface area contributed by atoms with Crippen LogP contribution in [0.5, 0.6) is 11.5 Å². The van der Waals surface area contributed by atoms with E-state index < -0.39 is 22.0 Å². The van der Waals surface area contributed by atoms with Crippen LogP contribution in [0.2, 0.25) is 0 Å². The van der Waals surface area contributed by atoms with Gasteiger partial charge in [0.25, 0.3) is 0 Å². The van der Waals surface area contributed by atoms with Gasteiger partial charge in [-0.1, -0.05) is 6.07 Å². The fourth-order valence-corrected chi connectivity index (χ4v) is 2.47. The molecule has 2 N–H and O–H groups in total. The molecule has 0 amide bonds. The molecule has 0 fully saturated rings. The van der Waals surface area contributed by atoms with Gasteiger partial charge in [-0.3, -0.25) is 4.79 Å². The molecule has 0 saturated carbocycles. The second-order valence-corrected chi connectivity index (χ2v) is 5.93. The molecule has 20 heavy (non-hydrogen) atoms. The Kier molecular flexibility index (Phi) is 5.34. The third kappa shape index (κ3) is 4.71. The Morgan fingerprint density at radius 3 is 2.35 bits per heavy atom. The van der Waals surface area contributed by atoms with Crippen LogP contribution in [0.3, 0.4) is 0 Å². The lowest BCUT2D eigenvalue weighted by molar-refractivity contribution is -0.137. The lowest BCUT2D eigenvalue weighted by Crippen LogP contribution is -2.29. The van der Waals surface area contributed by atoms with Crippen LogP contribution in [-0.4, -0.2) is 40.0 Å². The summed E-state index contributed by atoms with van der Waals surface area (Å²) in [6.45, 7) is 0. The summed E-state index contributed by atoms with van der Waals surface area (Å²) in [7, 11) is -0.622.